The SMILES string of the molecule is c1ccc(-c2ncn(C3CCNC3)c2-c2cccc(-n3cccn3)c2)cc1. The summed E-state index contributed by atoms with van der Waals surface area (Å²) in [5, 5.41) is 7.84. The van der Waals surface area contributed by atoms with Crippen LogP contribution in [0.1, 0.15) is 12.5 Å². The number of hydrogen-bond acceptors (Lipinski definition) is 3. The van der Waals surface area contributed by atoms with Crippen molar-refractivity contribution in [2.24, 2.45) is 0 Å². The van der Waals surface area contributed by atoms with Crippen LogP contribution in [0.25, 0.3) is 28.2 Å². The molecule has 1 saturated heterocycles. The van der Waals surface area contributed by atoms with Gasteiger partial charge in [0.15, 0.2) is 0 Å². The topological polar surface area (TPSA) is 47.7 Å². The van der Waals surface area contributed by atoms with E-state index in [1.54, 1.807) is 6.20 Å². The molecular weight excluding hydrogens is 334 g/mol. The third-order valence-electron chi connectivity index (χ3n) is 5.16. The van der Waals surface area contributed by atoms with E-state index in [2.05, 4.69) is 63.5 Å². The number of rotatable bonds is 4. The summed E-state index contributed by atoms with van der Waals surface area (Å²) in [6.45, 7) is 2.03. The van der Waals surface area contributed by atoms with Gasteiger partial charge in [0.05, 0.1) is 23.4 Å². The Hall–Kier alpha value is -3.18. The number of hydrogen-bond donors (Lipinski definition) is 1. The normalized spacial score (nSPS) is 16.7. The first-order valence-corrected chi connectivity index (χ1v) is 9.33. The van der Waals surface area contributed by atoms with Gasteiger partial charge in [0.2, 0.25) is 0 Å². The zero-order valence-electron chi connectivity index (χ0n) is 15.0. The molecule has 0 spiro atoms. The van der Waals surface area contributed by atoms with Crippen molar-refractivity contribution in [1.82, 2.24) is 24.6 Å². The molecule has 0 radical (unpaired) electrons. The van der Waals surface area contributed by atoms with Gasteiger partial charge in [-0.05, 0) is 31.2 Å². The summed E-state index contributed by atoms with van der Waals surface area (Å²) in [5.74, 6) is 0. The van der Waals surface area contributed by atoms with Crippen LogP contribution in [0.3, 0.4) is 0 Å². The summed E-state index contributed by atoms with van der Waals surface area (Å²) in [5.41, 5.74) is 5.55. The van der Waals surface area contributed by atoms with Crippen LogP contribution in [0.2, 0.25) is 0 Å². The molecule has 0 aliphatic carbocycles. The minimum absolute atomic E-state index is 0.429. The van der Waals surface area contributed by atoms with Crippen molar-refractivity contribution < 1.29 is 0 Å². The molecule has 1 fully saturated rings. The highest BCUT2D eigenvalue weighted by atomic mass is 15.3. The van der Waals surface area contributed by atoms with Crippen LogP contribution in [0, 0.1) is 0 Å². The number of nitrogens with zero attached hydrogens (tertiary/aromatic N) is 4. The molecule has 1 atom stereocenters. The van der Waals surface area contributed by atoms with E-state index in [4.69, 9.17) is 4.98 Å². The van der Waals surface area contributed by atoms with Crippen LogP contribution >= 0.6 is 0 Å². The van der Waals surface area contributed by atoms with Gasteiger partial charge in [0.1, 0.15) is 0 Å². The Morgan fingerprint density at radius 1 is 0.963 bits per heavy atom. The van der Waals surface area contributed by atoms with Crippen LogP contribution in [0.5, 0.6) is 0 Å². The van der Waals surface area contributed by atoms with Gasteiger partial charge in [-0.1, -0.05) is 42.5 Å². The van der Waals surface area contributed by atoms with Gasteiger partial charge in [0, 0.05) is 36.1 Å². The first kappa shape index (κ1) is 16.0. The second-order valence-corrected chi connectivity index (χ2v) is 6.86. The molecule has 5 heteroatoms. The van der Waals surface area contributed by atoms with E-state index < -0.39 is 0 Å². The summed E-state index contributed by atoms with van der Waals surface area (Å²) in [7, 11) is 0. The Morgan fingerprint density at radius 2 is 1.85 bits per heavy atom. The van der Waals surface area contributed by atoms with Crippen LogP contribution < -0.4 is 5.32 Å². The Morgan fingerprint density at radius 3 is 2.63 bits per heavy atom. The van der Waals surface area contributed by atoms with E-state index in [9.17, 15) is 0 Å². The average molecular weight is 355 g/mol. The highest BCUT2D eigenvalue weighted by molar-refractivity contribution is 5.79. The standard InChI is InChI=1S/C22H21N5/c1-2-6-17(7-3-1)21-22(26(16-24-21)20-10-12-23-15-20)18-8-4-9-19(14-18)27-13-5-11-25-27/h1-9,11,13-14,16,20,23H,10,12,15H2. The molecule has 27 heavy (non-hydrogen) atoms. The highest BCUT2D eigenvalue weighted by Gasteiger charge is 2.23. The maximum Gasteiger partial charge on any atom is 0.0963 e. The minimum Gasteiger partial charge on any atom is -0.326 e. The van der Waals surface area contributed by atoms with Crippen molar-refractivity contribution in [2.75, 3.05) is 13.1 Å². The molecule has 4 aromatic rings. The fourth-order valence-corrected chi connectivity index (χ4v) is 3.83. The number of nitrogens with one attached hydrogen (secondary N) is 1. The second-order valence-electron chi connectivity index (χ2n) is 6.86. The lowest BCUT2D eigenvalue weighted by atomic mass is 10.0. The van der Waals surface area contributed by atoms with Crippen molar-refractivity contribution in [1.29, 1.82) is 0 Å². The van der Waals surface area contributed by atoms with Gasteiger partial charge in [-0.3, -0.25) is 0 Å². The number of aromatic nitrogens is 4. The van der Waals surface area contributed by atoms with E-state index in [1.807, 2.05) is 29.3 Å². The molecule has 0 bridgehead atoms. The molecule has 5 rings (SSSR count). The Labute approximate surface area is 158 Å². The molecule has 5 nitrogen and oxygen atoms in total. The Kier molecular flexibility index (Phi) is 4.07. The number of imidazole rings is 1. The molecule has 134 valence electrons. The summed E-state index contributed by atoms with van der Waals surface area (Å²) < 4.78 is 4.23. The van der Waals surface area contributed by atoms with E-state index >= 15 is 0 Å². The van der Waals surface area contributed by atoms with E-state index in [0.29, 0.717) is 6.04 Å². The molecule has 0 saturated carbocycles. The Bertz CT molecular complexity index is 1030. The molecular formula is C22H21N5. The van der Waals surface area contributed by atoms with Gasteiger partial charge < -0.3 is 9.88 Å². The lowest BCUT2D eigenvalue weighted by Gasteiger charge is -2.17. The highest BCUT2D eigenvalue weighted by Crippen LogP contribution is 2.35. The molecule has 0 amide bonds. The zero-order chi connectivity index (χ0) is 18.1. The van der Waals surface area contributed by atoms with E-state index in [-0.39, 0.29) is 0 Å². The number of benzene rings is 2. The van der Waals surface area contributed by atoms with Crippen LogP contribution in [0.4, 0.5) is 0 Å². The quantitative estimate of drug-likeness (QED) is 0.603. The van der Waals surface area contributed by atoms with Crippen molar-refractivity contribution >= 4 is 0 Å². The van der Waals surface area contributed by atoms with Crippen molar-refractivity contribution in [3.05, 3.63) is 79.4 Å². The molecule has 2 aromatic heterocycles. The molecule has 1 aliphatic heterocycles. The fourth-order valence-electron chi connectivity index (χ4n) is 3.83. The van der Waals surface area contributed by atoms with Gasteiger partial charge in [-0.15, -0.1) is 0 Å². The second kappa shape index (κ2) is 6.85. The predicted molar refractivity (Wildman–Crippen MR) is 107 cm³/mol. The van der Waals surface area contributed by atoms with Crippen LogP contribution in [-0.2, 0) is 0 Å². The minimum atomic E-state index is 0.429. The van der Waals surface area contributed by atoms with Crippen molar-refractivity contribution in [3.63, 3.8) is 0 Å². The third-order valence-corrected chi connectivity index (χ3v) is 5.16. The monoisotopic (exact) mass is 355 g/mol. The van der Waals surface area contributed by atoms with Crippen LogP contribution in [-0.4, -0.2) is 32.4 Å². The smallest absolute Gasteiger partial charge is 0.0963 e. The first-order chi connectivity index (χ1) is 13.4. The summed E-state index contributed by atoms with van der Waals surface area (Å²) >= 11 is 0. The lowest BCUT2D eigenvalue weighted by Crippen LogP contribution is -2.13. The van der Waals surface area contributed by atoms with E-state index in [0.717, 1.165) is 42.0 Å². The molecule has 1 aliphatic rings. The van der Waals surface area contributed by atoms with Gasteiger partial charge >= 0.3 is 0 Å². The molecule has 1 N–H and O–H groups in total. The average Bonchev–Trinajstić information content (AvgIpc) is 3.50. The summed E-state index contributed by atoms with van der Waals surface area (Å²) in [6, 6.07) is 21.3. The van der Waals surface area contributed by atoms with Gasteiger partial charge in [0.25, 0.3) is 0 Å². The lowest BCUT2D eigenvalue weighted by molar-refractivity contribution is 0.551. The predicted octanol–water partition coefficient (Wildman–Crippen LogP) is 3.94. The first-order valence-electron chi connectivity index (χ1n) is 9.33. The molecule has 2 aromatic carbocycles. The molecule has 1 unspecified atom stereocenters. The molecule has 3 heterocycles. The maximum atomic E-state index is 4.81. The summed E-state index contributed by atoms with van der Waals surface area (Å²) in [6.07, 6.45) is 6.89. The van der Waals surface area contributed by atoms with Gasteiger partial charge in [-0.25, -0.2) is 9.67 Å². The van der Waals surface area contributed by atoms with Gasteiger partial charge in [-0.2, -0.15) is 5.10 Å². The largest absolute Gasteiger partial charge is 0.326 e. The Balaban J connectivity index is 1.68. The van der Waals surface area contributed by atoms with Crippen molar-refractivity contribution in [2.45, 2.75) is 12.5 Å². The summed E-state index contributed by atoms with van der Waals surface area (Å²) in [4.78, 5) is 4.81. The van der Waals surface area contributed by atoms with Crippen LogP contribution in [0.15, 0.2) is 79.4 Å². The van der Waals surface area contributed by atoms with E-state index in [1.165, 1.54) is 5.69 Å². The fraction of sp³-hybridized carbons (Fsp3) is 0.182. The van der Waals surface area contributed by atoms with Crippen molar-refractivity contribution in [3.8, 4) is 28.2 Å². The zero-order valence-corrected chi connectivity index (χ0v) is 15.0. The third kappa shape index (κ3) is 2.96. The maximum absolute atomic E-state index is 4.81.